The Labute approximate surface area is 96.5 Å². The van der Waals surface area contributed by atoms with Crippen molar-refractivity contribution in [2.24, 2.45) is 0 Å². The zero-order chi connectivity index (χ0) is 12.1. The first-order valence-corrected chi connectivity index (χ1v) is 5.51. The van der Waals surface area contributed by atoms with E-state index in [9.17, 15) is 0 Å². The Kier molecular flexibility index (Phi) is 4.49. The number of anilines is 2. The Morgan fingerprint density at radius 1 is 1.50 bits per heavy atom. The van der Waals surface area contributed by atoms with Gasteiger partial charge in [-0.1, -0.05) is 0 Å². The summed E-state index contributed by atoms with van der Waals surface area (Å²) >= 11 is 0. The fraction of sp³-hybridized carbons (Fsp3) is 0.636. The van der Waals surface area contributed by atoms with Gasteiger partial charge < -0.3 is 15.3 Å². The van der Waals surface area contributed by atoms with Gasteiger partial charge in [-0.3, -0.25) is 0 Å². The van der Waals surface area contributed by atoms with Crippen LogP contribution in [0.5, 0.6) is 0 Å². The highest BCUT2D eigenvalue weighted by Crippen LogP contribution is 2.15. The number of nitrogens with one attached hydrogen (secondary N) is 1. The van der Waals surface area contributed by atoms with Crippen molar-refractivity contribution in [1.82, 2.24) is 9.97 Å². The van der Waals surface area contributed by atoms with E-state index < -0.39 is 0 Å². The first-order chi connectivity index (χ1) is 7.58. The Balaban J connectivity index is 2.94. The molecule has 0 aliphatic carbocycles. The fourth-order valence-electron chi connectivity index (χ4n) is 1.32. The highest BCUT2D eigenvalue weighted by atomic mass is 16.3. The van der Waals surface area contributed by atoms with Crippen LogP contribution in [0.15, 0.2) is 6.07 Å². The standard InChI is InChI=1S/C11H20N4O/c1-5-12-11-13-8(2)6-10(14-11)15(4)9(3)7-16/h6,9,16H,5,7H2,1-4H3,(H,12,13,14). The molecule has 0 aromatic carbocycles. The third-order valence-corrected chi connectivity index (χ3v) is 2.46. The predicted octanol–water partition coefficient (Wildman–Crippen LogP) is 1.03. The molecule has 16 heavy (non-hydrogen) atoms. The lowest BCUT2D eigenvalue weighted by atomic mass is 10.3. The molecule has 2 N–H and O–H groups in total. The topological polar surface area (TPSA) is 61.3 Å². The molecule has 0 radical (unpaired) electrons. The van der Waals surface area contributed by atoms with E-state index in [0.29, 0.717) is 5.95 Å². The third-order valence-electron chi connectivity index (χ3n) is 2.46. The van der Waals surface area contributed by atoms with Crippen LogP contribution < -0.4 is 10.2 Å². The average molecular weight is 224 g/mol. The van der Waals surface area contributed by atoms with E-state index in [0.717, 1.165) is 18.1 Å². The molecule has 1 atom stereocenters. The summed E-state index contributed by atoms with van der Waals surface area (Å²) in [7, 11) is 1.92. The zero-order valence-electron chi connectivity index (χ0n) is 10.4. The van der Waals surface area contributed by atoms with Crippen LogP contribution in [0.1, 0.15) is 19.5 Å². The molecule has 0 saturated heterocycles. The van der Waals surface area contributed by atoms with Gasteiger partial charge in [0.2, 0.25) is 5.95 Å². The highest BCUT2D eigenvalue weighted by molar-refractivity contribution is 5.44. The Bertz CT molecular complexity index is 343. The number of aliphatic hydroxyl groups is 1. The minimum absolute atomic E-state index is 0.0452. The van der Waals surface area contributed by atoms with Crippen molar-refractivity contribution >= 4 is 11.8 Å². The van der Waals surface area contributed by atoms with Crippen molar-refractivity contribution in [3.8, 4) is 0 Å². The average Bonchev–Trinajstić information content (AvgIpc) is 2.26. The van der Waals surface area contributed by atoms with Gasteiger partial charge in [0.15, 0.2) is 0 Å². The summed E-state index contributed by atoms with van der Waals surface area (Å²) in [5.74, 6) is 1.46. The fourth-order valence-corrected chi connectivity index (χ4v) is 1.32. The van der Waals surface area contributed by atoms with E-state index in [1.165, 1.54) is 0 Å². The number of rotatable bonds is 5. The Hall–Kier alpha value is -1.36. The van der Waals surface area contributed by atoms with Crippen LogP contribution in [0.4, 0.5) is 11.8 Å². The van der Waals surface area contributed by atoms with Gasteiger partial charge in [0, 0.05) is 25.4 Å². The molecule has 90 valence electrons. The molecule has 0 aliphatic heterocycles. The molecule has 5 heteroatoms. The van der Waals surface area contributed by atoms with Crippen molar-refractivity contribution in [2.45, 2.75) is 26.8 Å². The van der Waals surface area contributed by atoms with Gasteiger partial charge in [-0.25, -0.2) is 4.98 Å². The summed E-state index contributed by atoms with van der Waals surface area (Å²) in [6.45, 7) is 6.79. The summed E-state index contributed by atoms with van der Waals surface area (Å²) < 4.78 is 0. The molecule has 1 unspecified atom stereocenters. The van der Waals surface area contributed by atoms with Crippen LogP contribution in [0.25, 0.3) is 0 Å². The second-order valence-corrected chi connectivity index (χ2v) is 3.86. The maximum Gasteiger partial charge on any atom is 0.224 e. The van der Waals surface area contributed by atoms with Crippen LogP contribution in [-0.2, 0) is 0 Å². The molecule has 1 heterocycles. The van der Waals surface area contributed by atoms with E-state index in [-0.39, 0.29) is 12.6 Å². The van der Waals surface area contributed by atoms with Crippen LogP contribution in [-0.4, -0.2) is 41.3 Å². The number of aryl methyl sites for hydroxylation is 1. The van der Waals surface area contributed by atoms with Gasteiger partial charge in [-0.15, -0.1) is 0 Å². The van der Waals surface area contributed by atoms with E-state index in [1.54, 1.807) is 0 Å². The molecular weight excluding hydrogens is 204 g/mol. The maximum atomic E-state index is 9.11. The highest BCUT2D eigenvalue weighted by Gasteiger charge is 2.11. The summed E-state index contributed by atoms with van der Waals surface area (Å²) in [5, 5.41) is 12.2. The molecule has 0 spiro atoms. The molecule has 0 fully saturated rings. The van der Waals surface area contributed by atoms with Crippen LogP contribution >= 0.6 is 0 Å². The van der Waals surface area contributed by atoms with E-state index in [2.05, 4.69) is 15.3 Å². The van der Waals surface area contributed by atoms with E-state index in [1.807, 2.05) is 38.8 Å². The number of hydrogen-bond donors (Lipinski definition) is 2. The number of hydrogen-bond acceptors (Lipinski definition) is 5. The Morgan fingerprint density at radius 3 is 2.75 bits per heavy atom. The van der Waals surface area contributed by atoms with E-state index >= 15 is 0 Å². The van der Waals surface area contributed by atoms with Crippen molar-refractivity contribution in [2.75, 3.05) is 30.4 Å². The zero-order valence-corrected chi connectivity index (χ0v) is 10.4. The maximum absolute atomic E-state index is 9.11. The largest absolute Gasteiger partial charge is 0.394 e. The number of aromatic nitrogens is 2. The van der Waals surface area contributed by atoms with E-state index in [4.69, 9.17) is 5.11 Å². The summed E-state index contributed by atoms with van der Waals surface area (Å²) in [6, 6.07) is 1.95. The van der Waals surface area contributed by atoms with Gasteiger partial charge in [0.05, 0.1) is 12.6 Å². The predicted molar refractivity (Wildman–Crippen MR) is 65.9 cm³/mol. The second-order valence-electron chi connectivity index (χ2n) is 3.86. The van der Waals surface area contributed by atoms with Crippen molar-refractivity contribution in [3.05, 3.63) is 11.8 Å². The lowest BCUT2D eigenvalue weighted by Gasteiger charge is -2.24. The van der Waals surface area contributed by atoms with Gasteiger partial charge in [-0.05, 0) is 20.8 Å². The molecule has 0 bridgehead atoms. The van der Waals surface area contributed by atoms with Crippen molar-refractivity contribution in [3.63, 3.8) is 0 Å². The smallest absolute Gasteiger partial charge is 0.224 e. The Morgan fingerprint density at radius 2 is 2.19 bits per heavy atom. The molecule has 1 rings (SSSR count). The first kappa shape index (κ1) is 12.7. The van der Waals surface area contributed by atoms with Crippen LogP contribution in [0.3, 0.4) is 0 Å². The van der Waals surface area contributed by atoms with Gasteiger partial charge in [0.25, 0.3) is 0 Å². The molecule has 1 aromatic heterocycles. The number of likely N-dealkylation sites (N-methyl/N-ethyl adjacent to an activating group) is 1. The molecule has 5 nitrogen and oxygen atoms in total. The molecule has 0 aliphatic rings. The molecule has 0 amide bonds. The lowest BCUT2D eigenvalue weighted by molar-refractivity contribution is 0.270. The molecular formula is C11H20N4O. The number of nitrogens with zero attached hydrogens (tertiary/aromatic N) is 3. The van der Waals surface area contributed by atoms with Gasteiger partial charge in [-0.2, -0.15) is 4.98 Å². The van der Waals surface area contributed by atoms with Crippen molar-refractivity contribution < 1.29 is 5.11 Å². The van der Waals surface area contributed by atoms with Gasteiger partial charge in [0.1, 0.15) is 5.82 Å². The number of aliphatic hydroxyl groups excluding tert-OH is 1. The quantitative estimate of drug-likeness (QED) is 0.782. The molecule has 0 saturated carbocycles. The first-order valence-electron chi connectivity index (χ1n) is 5.51. The normalized spacial score (nSPS) is 12.3. The van der Waals surface area contributed by atoms with Crippen LogP contribution in [0.2, 0.25) is 0 Å². The molecule has 1 aromatic rings. The van der Waals surface area contributed by atoms with Gasteiger partial charge >= 0.3 is 0 Å². The monoisotopic (exact) mass is 224 g/mol. The summed E-state index contributed by atoms with van der Waals surface area (Å²) in [5.41, 5.74) is 0.915. The van der Waals surface area contributed by atoms with Crippen LogP contribution in [0, 0.1) is 6.92 Å². The third kappa shape index (κ3) is 3.06. The summed E-state index contributed by atoms with van der Waals surface area (Å²) in [4.78, 5) is 10.6. The minimum Gasteiger partial charge on any atom is -0.394 e. The minimum atomic E-state index is 0.0452. The second kappa shape index (κ2) is 5.65. The lowest BCUT2D eigenvalue weighted by Crippen LogP contribution is -2.32. The summed E-state index contributed by atoms with van der Waals surface area (Å²) in [6.07, 6.45) is 0. The van der Waals surface area contributed by atoms with Crippen molar-refractivity contribution in [1.29, 1.82) is 0 Å². The SMILES string of the molecule is CCNc1nc(C)cc(N(C)C(C)CO)n1.